The van der Waals surface area contributed by atoms with Crippen molar-refractivity contribution in [3.63, 3.8) is 0 Å². The first-order chi connectivity index (χ1) is 6.29. The van der Waals surface area contributed by atoms with E-state index in [1.807, 2.05) is 18.2 Å². The number of ether oxygens (including phenoxy) is 2. The SMILES string of the molecule is C#N.COc1cccc(I)c1OC. The lowest BCUT2D eigenvalue weighted by Gasteiger charge is -2.07. The highest BCUT2D eigenvalue weighted by Crippen LogP contribution is 2.31. The molecule has 0 bridgehead atoms. The number of hydrogen-bond donors (Lipinski definition) is 0. The van der Waals surface area contributed by atoms with E-state index in [0.29, 0.717) is 0 Å². The van der Waals surface area contributed by atoms with Crippen molar-refractivity contribution in [2.45, 2.75) is 0 Å². The molecule has 4 heteroatoms. The lowest BCUT2D eigenvalue weighted by Crippen LogP contribution is -1.91. The lowest BCUT2D eigenvalue weighted by atomic mass is 10.3. The largest absolute Gasteiger partial charge is 0.493 e. The van der Waals surface area contributed by atoms with Gasteiger partial charge in [0.2, 0.25) is 0 Å². The fraction of sp³-hybridized carbons (Fsp3) is 0.222. The first kappa shape index (κ1) is 12.0. The quantitative estimate of drug-likeness (QED) is 0.786. The third kappa shape index (κ3) is 3.11. The summed E-state index contributed by atoms with van der Waals surface area (Å²) >= 11 is 2.20. The number of benzene rings is 1. The average molecular weight is 291 g/mol. The van der Waals surface area contributed by atoms with E-state index >= 15 is 0 Å². The van der Waals surface area contributed by atoms with E-state index in [4.69, 9.17) is 14.7 Å². The van der Waals surface area contributed by atoms with Gasteiger partial charge < -0.3 is 9.47 Å². The molecule has 0 aromatic heterocycles. The molecule has 0 unspecified atom stereocenters. The van der Waals surface area contributed by atoms with E-state index < -0.39 is 0 Å². The molecule has 0 spiro atoms. The molecule has 3 nitrogen and oxygen atoms in total. The first-order valence-electron chi connectivity index (χ1n) is 3.42. The van der Waals surface area contributed by atoms with Gasteiger partial charge in [-0.1, -0.05) is 6.07 Å². The molecule has 1 rings (SSSR count). The van der Waals surface area contributed by atoms with Crippen LogP contribution < -0.4 is 9.47 Å². The number of hydrogen-bond acceptors (Lipinski definition) is 3. The number of nitriles is 1. The molecule has 0 heterocycles. The Kier molecular flexibility index (Phi) is 6.06. The minimum atomic E-state index is 0.777. The molecule has 0 atom stereocenters. The molecule has 0 aliphatic carbocycles. The van der Waals surface area contributed by atoms with Crippen LogP contribution in [0.3, 0.4) is 0 Å². The summed E-state index contributed by atoms with van der Waals surface area (Å²) < 4.78 is 11.3. The molecular formula is C9H10INO2. The molecule has 70 valence electrons. The van der Waals surface area contributed by atoms with Gasteiger partial charge in [0, 0.05) is 6.57 Å². The van der Waals surface area contributed by atoms with Crippen LogP contribution in [-0.2, 0) is 0 Å². The Morgan fingerprint density at radius 1 is 1.23 bits per heavy atom. The second-order valence-corrected chi connectivity index (χ2v) is 3.14. The Hall–Kier alpha value is -0.960. The molecule has 0 aliphatic rings. The topological polar surface area (TPSA) is 42.2 Å². The van der Waals surface area contributed by atoms with Crippen LogP contribution >= 0.6 is 22.6 Å². The molecule has 0 amide bonds. The van der Waals surface area contributed by atoms with Crippen molar-refractivity contribution in [2.24, 2.45) is 0 Å². The van der Waals surface area contributed by atoms with E-state index in [2.05, 4.69) is 29.2 Å². The van der Waals surface area contributed by atoms with Gasteiger partial charge in [-0.05, 0) is 34.7 Å². The van der Waals surface area contributed by atoms with E-state index in [1.165, 1.54) is 0 Å². The van der Waals surface area contributed by atoms with Gasteiger partial charge in [-0.2, -0.15) is 0 Å². The highest BCUT2D eigenvalue weighted by molar-refractivity contribution is 14.1. The van der Waals surface area contributed by atoms with E-state index in [1.54, 1.807) is 14.2 Å². The van der Waals surface area contributed by atoms with Crippen molar-refractivity contribution < 1.29 is 9.47 Å². The van der Waals surface area contributed by atoms with Crippen LogP contribution in [0.1, 0.15) is 0 Å². The van der Waals surface area contributed by atoms with Crippen molar-refractivity contribution >= 4 is 22.6 Å². The lowest BCUT2D eigenvalue weighted by molar-refractivity contribution is 0.353. The summed E-state index contributed by atoms with van der Waals surface area (Å²) in [5.41, 5.74) is 0. The number of rotatable bonds is 2. The molecule has 1 aromatic carbocycles. The van der Waals surface area contributed by atoms with Crippen molar-refractivity contribution in [2.75, 3.05) is 14.2 Å². The molecule has 0 saturated carbocycles. The Labute approximate surface area is 91.4 Å². The maximum absolute atomic E-state index is 6.50. The number of para-hydroxylation sites is 1. The van der Waals surface area contributed by atoms with E-state index in [0.717, 1.165) is 15.1 Å². The first-order valence-corrected chi connectivity index (χ1v) is 4.49. The molecule has 0 fully saturated rings. The molecule has 0 saturated heterocycles. The molecular weight excluding hydrogens is 281 g/mol. The normalized spacial score (nSPS) is 8.08. The van der Waals surface area contributed by atoms with Gasteiger partial charge in [0.15, 0.2) is 11.5 Å². The fourth-order valence-electron chi connectivity index (χ4n) is 0.848. The summed E-state index contributed by atoms with van der Waals surface area (Å²) in [6, 6.07) is 5.78. The van der Waals surface area contributed by atoms with Crippen LogP contribution in [-0.4, -0.2) is 14.2 Å². The van der Waals surface area contributed by atoms with Crippen LogP contribution in [0, 0.1) is 15.4 Å². The average Bonchev–Trinajstić information content (AvgIpc) is 2.20. The summed E-state index contributed by atoms with van der Waals surface area (Å²) in [4.78, 5) is 0. The van der Waals surface area contributed by atoms with Gasteiger partial charge in [0.25, 0.3) is 0 Å². The second-order valence-electron chi connectivity index (χ2n) is 1.98. The van der Waals surface area contributed by atoms with Gasteiger partial charge >= 0.3 is 0 Å². The van der Waals surface area contributed by atoms with Crippen LogP contribution in [0.15, 0.2) is 18.2 Å². The monoisotopic (exact) mass is 291 g/mol. The maximum Gasteiger partial charge on any atom is 0.174 e. The summed E-state index contributed by atoms with van der Waals surface area (Å²) in [5.74, 6) is 1.58. The highest BCUT2D eigenvalue weighted by atomic mass is 127. The molecule has 13 heavy (non-hydrogen) atoms. The Balaban J connectivity index is 0.000000671. The van der Waals surface area contributed by atoms with E-state index in [-0.39, 0.29) is 0 Å². The zero-order valence-corrected chi connectivity index (χ0v) is 9.61. The van der Waals surface area contributed by atoms with Crippen molar-refractivity contribution in [1.29, 1.82) is 5.26 Å². The smallest absolute Gasteiger partial charge is 0.174 e. The van der Waals surface area contributed by atoms with Crippen molar-refractivity contribution in [1.82, 2.24) is 0 Å². The highest BCUT2D eigenvalue weighted by Gasteiger charge is 2.04. The molecule has 0 aliphatic heterocycles. The third-order valence-electron chi connectivity index (χ3n) is 1.35. The number of halogens is 1. The minimum Gasteiger partial charge on any atom is -0.493 e. The predicted molar refractivity (Wildman–Crippen MR) is 58.9 cm³/mol. The molecule has 0 radical (unpaired) electrons. The minimum absolute atomic E-state index is 0.777. The Bertz CT molecular complexity index is 286. The zero-order valence-electron chi connectivity index (χ0n) is 7.45. The Morgan fingerprint density at radius 3 is 2.23 bits per heavy atom. The summed E-state index contributed by atoms with van der Waals surface area (Å²) in [7, 11) is 3.27. The van der Waals surface area contributed by atoms with E-state index in [9.17, 15) is 0 Å². The van der Waals surface area contributed by atoms with Gasteiger partial charge in [-0.3, -0.25) is 0 Å². The zero-order chi connectivity index (χ0) is 10.3. The number of nitrogens with zero attached hydrogens (tertiary/aromatic N) is 1. The van der Waals surface area contributed by atoms with Gasteiger partial charge in [0.1, 0.15) is 0 Å². The standard InChI is InChI=1S/C8H9IO2.CHN/c1-10-7-5-3-4-6(9)8(7)11-2;1-2/h3-5H,1-2H3;1H. The predicted octanol–water partition coefficient (Wildman–Crippen LogP) is 2.45. The maximum atomic E-state index is 6.50. The summed E-state index contributed by atoms with van der Waals surface area (Å²) in [5, 5.41) is 6.50. The van der Waals surface area contributed by atoms with Crippen molar-refractivity contribution in [3.05, 3.63) is 21.8 Å². The van der Waals surface area contributed by atoms with Crippen molar-refractivity contribution in [3.8, 4) is 18.1 Å². The second kappa shape index (κ2) is 6.54. The van der Waals surface area contributed by atoms with Gasteiger partial charge in [0.05, 0.1) is 17.8 Å². The number of methoxy groups -OCH3 is 2. The van der Waals surface area contributed by atoms with Gasteiger partial charge in [-0.15, -0.1) is 0 Å². The van der Waals surface area contributed by atoms with Crippen LogP contribution in [0.2, 0.25) is 0 Å². The molecule has 0 N–H and O–H groups in total. The van der Waals surface area contributed by atoms with Gasteiger partial charge in [-0.25, -0.2) is 5.26 Å². The fourth-order valence-corrected chi connectivity index (χ4v) is 1.54. The summed E-state index contributed by atoms with van der Waals surface area (Å²) in [6.07, 6.45) is 0. The van der Waals surface area contributed by atoms with Crippen LogP contribution in [0.5, 0.6) is 11.5 Å². The Morgan fingerprint density at radius 2 is 1.85 bits per heavy atom. The van der Waals surface area contributed by atoms with Crippen LogP contribution in [0.25, 0.3) is 0 Å². The van der Waals surface area contributed by atoms with Crippen LogP contribution in [0.4, 0.5) is 0 Å². The summed E-state index contributed by atoms with van der Waals surface area (Å²) in [6.45, 7) is 3.50. The molecule has 1 aromatic rings. The third-order valence-corrected chi connectivity index (χ3v) is 2.20.